The lowest BCUT2D eigenvalue weighted by molar-refractivity contribution is -0.384. The van der Waals surface area contributed by atoms with Crippen molar-refractivity contribution in [2.24, 2.45) is 5.10 Å². The molecule has 0 spiro atoms. The van der Waals surface area contributed by atoms with Crippen molar-refractivity contribution in [3.8, 4) is 11.3 Å². The van der Waals surface area contributed by atoms with Crippen LogP contribution < -0.4 is 5.56 Å². The number of rotatable bonds is 4. The molecule has 4 rings (SSSR count). The Morgan fingerprint density at radius 2 is 1.91 bits per heavy atom. The van der Waals surface area contributed by atoms with Crippen LogP contribution in [-0.2, 0) is 5.41 Å². The maximum atomic E-state index is 13.2. The van der Waals surface area contributed by atoms with E-state index in [1.165, 1.54) is 17.0 Å². The third-order valence-electron chi connectivity index (χ3n) is 4.77. The van der Waals surface area contributed by atoms with Gasteiger partial charge in [0.15, 0.2) is 0 Å². The Balaban J connectivity index is 1.79. The number of aromatic nitrogens is 2. The number of nitro benzene ring substituents is 1. The van der Waals surface area contributed by atoms with Crippen LogP contribution in [0.15, 0.2) is 73.4 Å². The molecule has 4 aromatic rings. The van der Waals surface area contributed by atoms with E-state index in [4.69, 9.17) is 4.42 Å². The lowest BCUT2D eigenvalue weighted by Gasteiger charge is -2.20. The van der Waals surface area contributed by atoms with Crippen LogP contribution >= 0.6 is 15.9 Å². The molecule has 0 bridgehead atoms. The average molecular weight is 495 g/mol. The van der Waals surface area contributed by atoms with Gasteiger partial charge in [0.05, 0.1) is 27.6 Å². The molecule has 8 nitrogen and oxygen atoms in total. The largest absolute Gasteiger partial charge is 0.455 e. The van der Waals surface area contributed by atoms with E-state index in [1.807, 2.05) is 26.8 Å². The minimum absolute atomic E-state index is 0.0547. The molecule has 0 aliphatic carbocycles. The quantitative estimate of drug-likeness (QED) is 0.211. The molecule has 2 aromatic heterocycles. The monoisotopic (exact) mass is 494 g/mol. The molecule has 162 valence electrons. The highest BCUT2D eigenvalue weighted by Gasteiger charge is 2.23. The van der Waals surface area contributed by atoms with E-state index in [2.05, 4.69) is 26.0 Å². The third-order valence-corrected chi connectivity index (χ3v) is 5.27. The van der Waals surface area contributed by atoms with E-state index in [9.17, 15) is 14.9 Å². The van der Waals surface area contributed by atoms with Gasteiger partial charge in [-0.1, -0.05) is 48.8 Å². The minimum Gasteiger partial charge on any atom is -0.455 e. The fourth-order valence-electron chi connectivity index (χ4n) is 3.26. The van der Waals surface area contributed by atoms with Crippen molar-refractivity contribution in [1.29, 1.82) is 0 Å². The fourth-order valence-corrected chi connectivity index (χ4v) is 3.63. The first-order chi connectivity index (χ1) is 15.1. The van der Waals surface area contributed by atoms with Gasteiger partial charge in [-0.15, -0.1) is 0 Å². The van der Waals surface area contributed by atoms with Crippen LogP contribution in [-0.4, -0.2) is 20.8 Å². The van der Waals surface area contributed by atoms with Crippen molar-refractivity contribution in [3.63, 3.8) is 0 Å². The molecule has 0 amide bonds. The van der Waals surface area contributed by atoms with E-state index >= 15 is 0 Å². The summed E-state index contributed by atoms with van der Waals surface area (Å²) in [4.78, 5) is 28.7. The van der Waals surface area contributed by atoms with Gasteiger partial charge in [-0.25, -0.2) is 4.98 Å². The third kappa shape index (κ3) is 4.11. The number of furan rings is 1. The van der Waals surface area contributed by atoms with Crippen molar-refractivity contribution < 1.29 is 9.34 Å². The molecular weight excluding hydrogens is 476 g/mol. The molecule has 0 aliphatic heterocycles. The highest BCUT2D eigenvalue weighted by Crippen LogP contribution is 2.30. The van der Waals surface area contributed by atoms with Crippen LogP contribution in [0.25, 0.3) is 22.2 Å². The van der Waals surface area contributed by atoms with E-state index in [-0.39, 0.29) is 11.2 Å². The molecule has 2 heterocycles. The standard InChI is InChI=1S/C23H19BrN4O4/c1-23(2,3)22-26-18-10-8-14(24)12-17(18)21(29)27(22)25-13-15-9-11-20(32-15)16-6-4-5-7-19(16)28(30)31/h4-13H,1-3H3. The molecular formula is C23H19BrN4O4. The number of halogens is 1. The molecule has 2 aromatic carbocycles. The first-order valence-electron chi connectivity index (χ1n) is 9.76. The summed E-state index contributed by atoms with van der Waals surface area (Å²) in [5, 5.41) is 16.1. The molecule has 0 aliphatic rings. The summed E-state index contributed by atoms with van der Waals surface area (Å²) in [6.45, 7) is 5.85. The number of nitrogens with zero attached hydrogens (tertiary/aromatic N) is 4. The average Bonchev–Trinajstić information content (AvgIpc) is 3.21. The normalized spacial score (nSPS) is 12.0. The van der Waals surface area contributed by atoms with Crippen LogP contribution in [0, 0.1) is 10.1 Å². The smallest absolute Gasteiger partial charge is 0.282 e. The SMILES string of the molecule is CC(C)(C)c1nc2ccc(Br)cc2c(=O)n1N=Cc1ccc(-c2ccccc2[N+](=O)[O-])o1. The lowest BCUT2D eigenvalue weighted by Crippen LogP contribution is -2.29. The summed E-state index contributed by atoms with van der Waals surface area (Å²) < 4.78 is 7.79. The molecule has 0 N–H and O–H groups in total. The van der Waals surface area contributed by atoms with Crippen molar-refractivity contribution >= 4 is 38.7 Å². The molecule has 0 radical (unpaired) electrons. The van der Waals surface area contributed by atoms with E-state index in [0.717, 1.165) is 4.47 Å². The Kier molecular flexibility index (Phi) is 5.52. The molecule has 0 unspecified atom stereocenters. The summed E-state index contributed by atoms with van der Waals surface area (Å²) in [6, 6.07) is 14.9. The topological polar surface area (TPSA) is 104 Å². The molecule has 0 fully saturated rings. The highest BCUT2D eigenvalue weighted by molar-refractivity contribution is 9.10. The first kappa shape index (κ1) is 21.6. The Morgan fingerprint density at radius 1 is 1.16 bits per heavy atom. The fraction of sp³-hybridized carbons (Fsp3) is 0.174. The predicted octanol–water partition coefficient (Wildman–Crippen LogP) is 5.51. The summed E-state index contributed by atoms with van der Waals surface area (Å²) in [5.41, 5.74) is 0.147. The minimum atomic E-state index is -0.459. The second-order valence-corrected chi connectivity index (χ2v) is 9.10. The van der Waals surface area contributed by atoms with E-state index in [1.54, 1.807) is 42.5 Å². The second kappa shape index (κ2) is 8.16. The number of nitro groups is 1. The number of benzene rings is 2. The van der Waals surface area contributed by atoms with Gasteiger partial charge in [-0.2, -0.15) is 9.78 Å². The summed E-state index contributed by atoms with van der Waals surface area (Å²) >= 11 is 3.39. The highest BCUT2D eigenvalue weighted by atomic mass is 79.9. The Bertz CT molecular complexity index is 1430. The molecule has 0 saturated carbocycles. The molecule has 0 atom stereocenters. The maximum absolute atomic E-state index is 13.2. The summed E-state index contributed by atoms with van der Waals surface area (Å²) in [5.74, 6) is 1.18. The van der Waals surface area contributed by atoms with E-state index in [0.29, 0.717) is 33.8 Å². The summed E-state index contributed by atoms with van der Waals surface area (Å²) in [7, 11) is 0. The molecule has 32 heavy (non-hydrogen) atoms. The summed E-state index contributed by atoms with van der Waals surface area (Å²) in [6.07, 6.45) is 1.40. The van der Waals surface area contributed by atoms with Gasteiger partial charge < -0.3 is 4.42 Å². The zero-order chi connectivity index (χ0) is 23.0. The zero-order valence-corrected chi connectivity index (χ0v) is 19.2. The number of hydrogen-bond donors (Lipinski definition) is 0. The Morgan fingerprint density at radius 3 is 2.62 bits per heavy atom. The van der Waals surface area contributed by atoms with Crippen molar-refractivity contribution in [1.82, 2.24) is 9.66 Å². The Hall–Kier alpha value is -3.59. The van der Waals surface area contributed by atoms with Gasteiger partial charge >= 0.3 is 0 Å². The van der Waals surface area contributed by atoms with Crippen molar-refractivity contribution in [2.45, 2.75) is 26.2 Å². The van der Waals surface area contributed by atoms with Gasteiger partial charge in [-0.3, -0.25) is 14.9 Å². The molecule has 0 saturated heterocycles. The number of para-hydroxylation sites is 1. The maximum Gasteiger partial charge on any atom is 0.282 e. The van der Waals surface area contributed by atoms with Gasteiger partial charge in [0, 0.05) is 16.0 Å². The van der Waals surface area contributed by atoms with Gasteiger partial charge in [-0.05, 0) is 36.4 Å². The lowest BCUT2D eigenvalue weighted by atomic mass is 9.95. The van der Waals surface area contributed by atoms with E-state index < -0.39 is 10.3 Å². The Labute approximate surface area is 191 Å². The van der Waals surface area contributed by atoms with Crippen LogP contribution in [0.4, 0.5) is 5.69 Å². The van der Waals surface area contributed by atoms with Crippen LogP contribution in [0.2, 0.25) is 0 Å². The first-order valence-corrected chi connectivity index (χ1v) is 10.6. The van der Waals surface area contributed by atoms with Crippen molar-refractivity contribution in [3.05, 3.63) is 91.1 Å². The number of fused-ring (bicyclic) bond motifs is 1. The second-order valence-electron chi connectivity index (χ2n) is 8.18. The molecule has 9 heteroatoms. The van der Waals surface area contributed by atoms with Crippen LogP contribution in [0.1, 0.15) is 32.4 Å². The zero-order valence-electron chi connectivity index (χ0n) is 17.6. The van der Waals surface area contributed by atoms with Crippen molar-refractivity contribution in [2.75, 3.05) is 0 Å². The number of hydrogen-bond acceptors (Lipinski definition) is 6. The van der Waals surface area contributed by atoms with Gasteiger partial charge in [0.2, 0.25) is 0 Å². The van der Waals surface area contributed by atoms with Gasteiger partial charge in [0.25, 0.3) is 11.2 Å². The van der Waals surface area contributed by atoms with Gasteiger partial charge in [0.1, 0.15) is 17.3 Å². The predicted molar refractivity (Wildman–Crippen MR) is 126 cm³/mol. The van der Waals surface area contributed by atoms with Crippen LogP contribution in [0.5, 0.6) is 0 Å². The van der Waals surface area contributed by atoms with Crippen LogP contribution in [0.3, 0.4) is 0 Å².